The standard InChI is InChI=1S/C24H36N8O9/c1-22(2,3)39-16-12-15(31(19(26-12)29-30-25)17-14(35)13(34)11(10-33)38-17)27-18(28-16)32(20(36)40-23(4,5)6)21(37)41-24(7,8)9/h11,13-14,17,33-35H,10H2,1-9H3/t11-,13-,14-,17-/m1/s1. The fourth-order valence-corrected chi connectivity index (χ4v) is 3.68. The number of nitrogens with zero attached hydrogens (tertiary/aromatic N) is 8. The number of hydrogen-bond donors (Lipinski definition) is 3. The van der Waals surface area contributed by atoms with Gasteiger partial charge in [0.05, 0.1) is 6.61 Å². The number of carbonyl (C=O) groups excluding carboxylic acids is 2. The van der Waals surface area contributed by atoms with Crippen molar-refractivity contribution in [3.63, 3.8) is 0 Å². The molecule has 4 atom stereocenters. The van der Waals surface area contributed by atoms with Gasteiger partial charge in [0.1, 0.15) is 35.1 Å². The van der Waals surface area contributed by atoms with Gasteiger partial charge in [-0.15, -0.1) is 4.90 Å². The molecule has 0 unspecified atom stereocenters. The molecule has 226 valence electrons. The number of ether oxygens (including phenoxy) is 4. The van der Waals surface area contributed by atoms with Gasteiger partial charge in [0.15, 0.2) is 17.4 Å². The summed E-state index contributed by atoms with van der Waals surface area (Å²) in [5, 5.41) is 34.3. The van der Waals surface area contributed by atoms with Gasteiger partial charge in [-0.1, -0.05) is 0 Å². The van der Waals surface area contributed by atoms with Gasteiger partial charge in [0.2, 0.25) is 17.8 Å². The summed E-state index contributed by atoms with van der Waals surface area (Å²) in [7, 11) is 0. The molecule has 1 fully saturated rings. The van der Waals surface area contributed by atoms with Crippen LogP contribution in [0.1, 0.15) is 68.5 Å². The van der Waals surface area contributed by atoms with Crippen LogP contribution in [0.5, 0.6) is 5.88 Å². The first-order valence-electron chi connectivity index (χ1n) is 12.7. The molecule has 2 amide bonds. The maximum absolute atomic E-state index is 13.3. The molecule has 0 aliphatic carbocycles. The van der Waals surface area contributed by atoms with E-state index in [0.29, 0.717) is 4.90 Å². The Kier molecular flexibility index (Phi) is 8.72. The Balaban J connectivity index is 2.37. The zero-order valence-corrected chi connectivity index (χ0v) is 24.4. The summed E-state index contributed by atoms with van der Waals surface area (Å²) >= 11 is 0. The molecule has 0 spiro atoms. The third kappa shape index (κ3) is 7.31. The number of fused-ring (bicyclic) bond motifs is 1. The number of aromatic nitrogens is 4. The van der Waals surface area contributed by atoms with Crippen molar-refractivity contribution in [3.05, 3.63) is 10.4 Å². The van der Waals surface area contributed by atoms with Gasteiger partial charge < -0.3 is 34.3 Å². The minimum atomic E-state index is -1.63. The topological polar surface area (TPSA) is 227 Å². The van der Waals surface area contributed by atoms with E-state index in [-0.39, 0.29) is 23.0 Å². The summed E-state index contributed by atoms with van der Waals surface area (Å²) in [5.41, 5.74) is 5.97. The molecule has 0 bridgehead atoms. The van der Waals surface area contributed by atoms with Crippen LogP contribution in [0.15, 0.2) is 5.11 Å². The number of anilines is 1. The number of azide groups is 1. The first-order chi connectivity index (χ1) is 18.8. The highest BCUT2D eigenvalue weighted by molar-refractivity contribution is 6.08. The molecular weight excluding hydrogens is 544 g/mol. The lowest BCUT2D eigenvalue weighted by Crippen LogP contribution is -2.44. The third-order valence-corrected chi connectivity index (χ3v) is 5.14. The van der Waals surface area contributed by atoms with Crippen LogP contribution in [0.4, 0.5) is 21.5 Å². The monoisotopic (exact) mass is 580 g/mol. The van der Waals surface area contributed by atoms with Crippen LogP contribution >= 0.6 is 0 Å². The number of imide groups is 1. The normalized spacial score (nSPS) is 21.4. The first-order valence-corrected chi connectivity index (χ1v) is 12.7. The molecule has 1 aliphatic heterocycles. The minimum absolute atomic E-state index is 0.0860. The van der Waals surface area contributed by atoms with Crippen LogP contribution in [0, 0.1) is 0 Å². The molecule has 3 rings (SSSR count). The number of imidazole rings is 1. The Labute approximate surface area is 235 Å². The maximum atomic E-state index is 13.3. The summed E-state index contributed by atoms with van der Waals surface area (Å²) in [5.74, 6) is -1.15. The molecule has 17 nitrogen and oxygen atoms in total. The Hall–Kier alpha value is -3.76. The van der Waals surface area contributed by atoms with Crippen molar-refractivity contribution in [2.24, 2.45) is 5.11 Å². The summed E-state index contributed by atoms with van der Waals surface area (Å²) in [4.78, 5) is 42.7. The second kappa shape index (κ2) is 11.3. The van der Waals surface area contributed by atoms with Gasteiger partial charge in [-0.25, -0.2) is 14.6 Å². The average molecular weight is 581 g/mol. The number of aliphatic hydroxyl groups excluding tert-OH is 3. The Morgan fingerprint density at radius 3 is 1.98 bits per heavy atom. The fourth-order valence-electron chi connectivity index (χ4n) is 3.68. The zero-order chi connectivity index (χ0) is 31.1. The molecule has 41 heavy (non-hydrogen) atoms. The van der Waals surface area contributed by atoms with E-state index in [9.17, 15) is 30.4 Å². The molecule has 2 aromatic heterocycles. The molecule has 2 aromatic rings. The van der Waals surface area contributed by atoms with E-state index in [0.717, 1.165) is 4.57 Å². The molecule has 0 saturated carbocycles. The number of aliphatic hydroxyl groups is 3. The lowest BCUT2D eigenvalue weighted by Gasteiger charge is -2.28. The molecule has 3 heterocycles. The van der Waals surface area contributed by atoms with E-state index in [1.807, 2.05) is 0 Å². The van der Waals surface area contributed by atoms with Crippen molar-refractivity contribution in [1.29, 1.82) is 0 Å². The quantitative estimate of drug-likeness (QED) is 0.263. The molecule has 1 saturated heterocycles. The van der Waals surface area contributed by atoms with Crippen molar-refractivity contribution in [1.82, 2.24) is 19.5 Å². The molecule has 0 radical (unpaired) electrons. The van der Waals surface area contributed by atoms with Gasteiger partial charge in [-0.05, 0) is 73.0 Å². The average Bonchev–Trinajstić information content (AvgIpc) is 3.27. The van der Waals surface area contributed by atoms with Crippen LogP contribution in [0.3, 0.4) is 0 Å². The van der Waals surface area contributed by atoms with Crippen molar-refractivity contribution in [2.75, 3.05) is 11.5 Å². The van der Waals surface area contributed by atoms with Crippen LogP contribution in [0.2, 0.25) is 0 Å². The summed E-state index contributed by atoms with van der Waals surface area (Å²) in [6.07, 6.45) is -8.14. The van der Waals surface area contributed by atoms with Crippen LogP contribution in [-0.2, 0) is 14.2 Å². The second-order valence-corrected chi connectivity index (χ2v) is 12.2. The van der Waals surface area contributed by atoms with Crippen molar-refractivity contribution >= 4 is 35.2 Å². The predicted octanol–water partition coefficient (Wildman–Crippen LogP) is 3.23. The van der Waals surface area contributed by atoms with Crippen molar-refractivity contribution in [3.8, 4) is 5.88 Å². The summed E-state index contributed by atoms with van der Waals surface area (Å²) in [6, 6.07) is 0. The van der Waals surface area contributed by atoms with Crippen LogP contribution in [-0.4, -0.2) is 88.7 Å². The van der Waals surface area contributed by atoms with E-state index in [1.54, 1.807) is 62.3 Å². The molecule has 1 aliphatic rings. The zero-order valence-electron chi connectivity index (χ0n) is 24.4. The van der Waals surface area contributed by atoms with Gasteiger partial charge in [0, 0.05) is 4.91 Å². The molecular formula is C24H36N8O9. The SMILES string of the molecule is CC(C)(C)OC(=O)N(C(=O)OC(C)(C)C)c1nc(OC(C)(C)C)c2nc(N=[N+]=[N-])n([C@@H]3O[C@H](CO)[C@@H](O)[C@H]3O)c2n1. The van der Waals surface area contributed by atoms with Gasteiger partial charge >= 0.3 is 12.2 Å². The van der Waals surface area contributed by atoms with Gasteiger partial charge in [-0.2, -0.15) is 9.97 Å². The Morgan fingerprint density at radius 1 is 0.976 bits per heavy atom. The number of amides is 2. The summed E-state index contributed by atoms with van der Waals surface area (Å²) < 4.78 is 23.5. The Bertz CT molecular complexity index is 1320. The van der Waals surface area contributed by atoms with E-state index in [4.69, 9.17) is 18.9 Å². The highest BCUT2D eigenvalue weighted by Crippen LogP contribution is 2.38. The van der Waals surface area contributed by atoms with Crippen molar-refractivity contribution < 1.29 is 43.9 Å². The van der Waals surface area contributed by atoms with E-state index >= 15 is 0 Å². The lowest BCUT2D eigenvalue weighted by molar-refractivity contribution is -0.0502. The van der Waals surface area contributed by atoms with E-state index in [2.05, 4.69) is 25.0 Å². The van der Waals surface area contributed by atoms with Gasteiger partial charge in [0.25, 0.3) is 0 Å². The molecule has 17 heteroatoms. The first kappa shape index (κ1) is 31.8. The lowest BCUT2D eigenvalue weighted by atomic mass is 10.1. The number of hydrogen-bond acceptors (Lipinski definition) is 13. The summed E-state index contributed by atoms with van der Waals surface area (Å²) in [6.45, 7) is 14.1. The van der Waals surface area contributed by atoms with E-state index in [1.165, 1.54) is 0 Å². The van der Waals surface area contributed by atoms with Crippen LogP contribution < -0.4 is 9.64 Å². The van der Waals surface area contributed by atoms with E-state index < -0.39 is 66.1 Å². The number of carbonyl (C=O) groups is 2. The second-order valence-electron chi connectivity index (χ2n) is 12.2. The maximum Gasteiger partial charge on any atom is 0.427 e. The number of rotatable bonds is 5. The molecule has 0 aromatic carbocycles. The molecule has 3 N–H and O–H groups in total. The Morgan fingerprint density at radius 2 is 1.54 bits per heavy atom. The predicted molar refractivity (Wildman–Crippen MR) is 142 cm³/mol. The minimum Gasteiger partial charge on any atom is -0.470 e. The van der Waals surface area contributed by atoms with Crippen molar-refractivity contribution in [2.45, 2.75) is 104 Å². The highest BCUT2D eigenvalue weighted by atomic mass is 16.6. The van der Waals surface area contributed by atoms with Gasteiger partial charge in [-0.3, -0.25) is 4.57 Å². The highest BCUT2D eigenvalue weighted by Gasteiger charge is 2.45. The smallest absolute Gasteiger partial charge is 0.427 e. The fraction of sp³-hybridized carbons (Fsp3) is 0.708. The largest absolute Gasteiger partial charge is 0.470 e. The third-order valence-electron chi connectivity index (χ3n) is 5.14. The van der Waals surface area contributed by atoms with Crippen LogP contribution in [0.25, 0.3) is 21.6 Å².